The first-order valence-corrected chi connectivity index (χ1v) is 12.1. The number of thiazole rings is 1. The van der Waals surface area contributed by atoms with Crippen LogP contribution < -0.4 is 19.1 Å². The van der Waals surface area contributed by atoms with Gasteiger partial charge in [0.2, 0.25) is 0 Å². The topological polar surface area (TPSA) is 98.2 Å². The van der Waals surface area contributed by atoms with Crippen LogP contribution in [0.2, 0.25) is 0 Å². The summed E-state index contributed by atoms with van der Waals surface area (Å²) in [6, 6.07) is 11.0. The highest BCUT2D eigenvalue weighted by Crippen LogP contribution is 2.44. The van der Waals surface area contributed by atoms with E-state index in [1.807, 2.05) is 13.8 Å². The number of aliphatic hydroxyl groups is 1. The second kappa shape index (κ2) is 10.6. The number of aliphatic hydroxyl groups excluding tert-OH is 1. The van der Waals surface area contributed by atoms with Crippen LogP contribution in [0.4, 0.5) is 5.13 Å². The van der Waals surface area contributed by atoms with Crippen LogP contribution in [0.15, 0.2) is 59.6 Å². The number of hydrogen-bond donors (Lipinski definition) is 1. The molecular weight excluding hydrogens is 468 g/mol. The number of ether oxygens (including phenoxy) is 3. The maximum absolute atomic E-state index is 13.2. The van der Waals surface area contributed by atoms with Crippen molar-refractivity contribution in [1.29, 1.82) is 0 Å². The molecule has 0 spiro atoms. The van der Waals surface area contributed by atoms with E-state index >= 15 is 0 Å². The Kier molecular flexibility index (Phi) is 7.36. The van der Waals surface area contributed by atoms with Gasteiger partial charge in [-0.3, -0.25) is 14.5 Å². The van der Waals surface area contributed by atoms with Gasteiger partial charge < -0.3 is 19.3 Å². The van der Waals surface area contributed by atoms with E-state index in [0.29, 0.717) is 46.7 Å². The Morgan fingerprint density at radius 1 is 1.09 bits per heavy atom. The summed E-state index contributed by atoms with van der Waals surface area (Å²) in [6.07, 6.45) is 2.40. The monoisotopic (exact) mass is 494 g/mol. The summed E-state index contributed by atoms with van der Waals surface area (Å²) in [5.41, 5.74) is 0.947. The molecule has 9 heteroatoms. The van der Waals surface area contributed by atoms with Crippen molar-refractivity contribution in [2.24, 2.45) is 0 Å². The van der Waals surface area contributed by atoms with Gasteiger partial charge in [0.1, 0.15) is 11.5 Å². The lowest BCUT2D eigenvalue weighted by Crippen LogP contribution is -2.29. The quantitative estimate of drug-likeness (QED) is 0.255. The molecule has 8 nitrogen and oxygen atoms in total. The first-order chi connectivity index (χ1) is 17.0. The summed E-state index contributed by atoms with van der Waals surface area (Å²) < 4.78 is 16.8. The van der Waals surface area contributed by atoms with Gasteiger partial charge in [-0.25, -0.2) is 4.98 Å². The normalized spacial score (nSPS) is 17.0. The Labute approximate surface area is 207 Å². The number of rotatable bonds is 9. The molecule has 1 aliphatic heterocycles. The summed E-state index contributed by atoms with van der Waals surface area (Å²) in [6.45, 7) is 4.80. The average Bonchev–Trinajstić information content (AvgIpc) is 3.49. The number of anilines is 1. The van der Waals surface area contributed by atoms with Crippen molar-refractivity contribution in [2.75, 3.05) is 25.2 Å². The second-order valence-electron chi connectivity index (χ2n) is 7.70. The highest BCUT2D eigenvalue weighted by molar-refractivity contribution is 7.14. The van der Waals surface area contributed by atoms with Crippen LogP contribution in [0, 0.1) is 0 Å². The van der Waals surface area contributed by atoms with Gasteiger partial charge in [0.05, 0.1) is 31.9 Å². The predicted octanol–water partition coefficient (Wildman–Crippen LogP) is 4.97. The number of carbonyl (C=O) groups is 2. The molecule has 4 rings (SSSR count). The summed E-state index contributed by atoms with van der Waals surface area (Å²) in [5, 5.41) is 13.3. The molecular formula is C26H26N2O6S. The van der Waals surface area contributed by atoms with E-state index in [9.17, 15) is 14.7 Å². The second-order valence-corrected chi connectivity index (χ2v) is 8.57. The van der Waals surface area contributed by atoms with Crippen molar-refractivity contribution < 1.29 is 28.9 Å². The molecule has 1 saturated heterocycles. The van der Waals surface area contributed by atoms with Gasteiger partial charge in [0, 0.05) is 17.1 Å². The molecule has 0 radical (unpaired) electrons. The lowest BCUT2D eigenvalue weighted by Gasteiger charge is -2.24. The van der Waals surface area contributed by atoms with Crippen molar-refractivity contribution in [3.63, 3.8) is 0 Å². The number of carbonyl (C=O) groups excluding carboxylic acids is 2. The van der Waals surface area contributed by atoms with Gasteiger partial charge in [-0.2, -0.15) is 0 Å². The molecule has 1 unspecified atom stereocenters. The molecule has 0 saturated carbocycles. The molecule has 182 valence electrons. The van der Waals surface area contributed by atoms with Crippen molar-refractivity contribution in [3.05, 3.63) is 70.7 Å². The fourth-order valence-corrected chi connectivity index (χ4v) is 4.55. The number of nitrogens with zero attached hydrogens (tertiary/aromatic N) is 2. The summed E-state index contributed by atoms with van der Waals surface area (Å²) in [4.78, 5) is 32.0. The number of amides is 1. The predicted molar refractivity (Wildman–Crippen MR) is 133 cm³/mol. The molecule has 1 N–H and O–H groups in total. The molecule has 1 amide bonds. The van der Waals surface area contributed by atoms with E-state index in [0.717, 1.165) is 6.42 Å². The number of aromatic nitrogens is 1. The summed E-state index contributed by atoms with van der Waals surface area (Å²) in [7, 11) is 1.54. The van der Waals surface area contributed by atoms with Gasteiger partial charge in [-0.05, 0) is 55.3 Å². The minimum atomic E-state index is -0.900. The lowest BCUT2D eigenvalue weighted by atomic mass is 9.95. The third kappa shape index (κ3) is 4.72. The summed E-state index contributed by atoms with van der Waals surface area (Å²) >= 11 is 1.23. The van der Waals surface area contributed by atoms with Crippen LogP contribution in [-0.2, 0) is 9.59 Å². The smallest absolute Gasteiger partial charge is 0.301 e. The molecule has 0 bridgehead atoms. The number of methoxy groups -OCH3 is 1. The van der Waals surface area contributed by atoms with Crippen molar-refractivity contribution >= 4 is 33.9 Å². The maximum atomic E-state index is 13.2. The lowest BCUT2D eigenvalue weighted by molar-refractivity contribution is -0.132. The van der Waals surface area contributed by atoms with E-state index < -0.39 is 17.7 Å². The van der Waals surface area contributed by atoms with E-state index in [1.165, 1.54) is 23.3 Å². The van der Waals surface area contributed by atoms with Crippen LogP contribution in [0.1, 0.15) is 37.4 Å². The third-order valence-corrected chi connectivity index (χ3v) is 6.25. The highest BCUT2D eigenvalue weighted by Gasteiger charge is 2.48. The van der Waals surface area contributed by atoms with Crippen LogP contribution in [-0.4, -0.2) is 42.1 Å². The molecule has 2 aromatic carbocycles. The number of hydrogen-bond acceptors (Lipinski definition) is 8. The SMILES string of the molecule is CCCOc1ccc(C2C(=C(O)c3ccc(OC)cc3)C(=O)C(=O)N2c2nccs2)cc1OCC. The number of benzene rings is 2. The van der Waals surface area contributed by atoms with E-state index in [1.54, 1.807) is 54.0 Å². The average molecular weight is 495 g/mol. The zero-order valence-corrected chi connectivity index (χ0v) is 20.5. The van der Waals surface area contributed by atoms with Gasteiger partial charge >= 0.3 is 5.91 Å². The zero-order chi connectivity index (χ0) is 24.9. The van der Waals surface area contributed by atoms with Gasteiger partial charge in [-0.15, -0.1) is 11.3 Å². The van der Waals surface area contributed by atoms with E-state index in [-0.39, 0.29) is 11.3 Å². The number of Topliss-reactive ketones (excluding diaryl/α,β-unsaturated/α-hetero) is 1. The van der Waals surface area contributed by atoms with Crippen molar-refractivity contribution in [2.45, 2.75) is 26.3 Å². The van der Waals surface area contributed by atoms with Crippen LogP contribution >= 0.6 is 11.3 Å². The molecule has 35 heavy (non-hydrogen) atoms. The van der Waals surface area contributed by atoms with Gasteiger partial charge in [0.15, 0.2) is 16.6 Å². The largest absolute Gasteiger partial charge is 0.507 e. The van der Waals surface area contributed by atoms with Crippen molar-refractivity contribution in [3.8, 4) is 17.2 Å². The Balaban J connectivity index is 1.88. The fraction of sp³-hybridized carbons (Fsp3) is 0.269. The number of ketones is 1. The standard InChI is InChI=1S/C26H26N2O6S/c1-4-13-34-19-11-8-17(15-20(19)33-5-2)22-21(23(29)16-6-9-18(32-3)10-7-16)24(30)25(31)28(22)26-27-12-14-35-26/h6-12,14-15,22,29H,4-5,13H2,1-3H3. The molecule has 1 atom stereocenters. The minimum Gasteiger partial charge on any atom is -0.507 e. The molecule has 0 aliphatic carbocycles. The van der Waals surface area contributed by atoms with Crippen LogP contribution in [0.3, 0.4) is 0 Å². The molecule has 1 aromatic heterocycles. The third-order valence-electron chi connectivity index (χ3n) is 5.48. The molecule has 1 aliphatic rings. The maximum Gasteiger partial charge on any atom is 0.301 e. The molecule has 1 fully saturated rings. The van der Waals surface area contributed by atoms with E-state index in [2.05, 4.69) is 4.98 Å². The van der Waals surface area contributed by atoms with E-state index in [4.69, 9.17) is 14.2 Å². The Morgan fingerprint density at radius 3 is 2.49 bits per heavy atom. The van der Waals surface area contributed by atoms with Crippen LogP contribution in [0.5, 0.6) is 17.2 Å². The zero-order valence-electron chi connectivity index (χ0n) is 19.7. The Hall–Kier alpha value is -3.85. The van der Waals surface area contributed by atoms with Crippen LogP contribution in [0.25, 0.3) is 5.76 Å². The fourth-order valence-electron chi connectivity index (χ4n) is 3.88. The first kappa shape index (κ1) is 24.3. The Morgan fingerprint density at radius 2 is 1.86 bits per heavy atom. The molecule has 3 aromatic rings. The minimum absolute atomic E-state index is 0.0277. The summed E-state index contributed by atoms with van der Waals surface area (Å²) in [5.74, 6) is -0.164. The van der Waals surface area contributed by atoms with Crippen molar-refractivity contribution in [1.82, 2.24) is 4.98 Å². The first-order valence-electron chi connectivity index (χ1n) is 11.2. The Bertz CT molecular complexity index is 1240. The highest BCUT2D eigenvalue weighted by atomic mass is 32.1. The van der Waals surface area contributed by atoms with Gasteiger partial charge in [0.25, 0.3) is 5.78 Å². The molecule has 2 heterocycles. The van der Waals surface area contributed by atoms with Gasteiger partial charge in [-0.1, -0.05) is 13.0 Å².